The number of aromatic nitrogens is 2. The van der Waals surface area contributed by atoms with Crippen molar-refractivity contribution in [2.45, 2.75) is 36.4 Å². The first kappa shape index (κ1) is 27.9. The zero-order valence-electron chi connectivity index (χ0n) is 21.8. The largest absolute Gasteiger partial charge is 0.507 e. The number of rotatable bonds is 9. The van der Waals surface area contributed by atoms with Gasteiger partial charge < -0.3 is 9.84 Å². The molecule has 40 heavy (non-hydrogen) atoms. The average Bonchev–Trinajstić information content (AvgIpc) is 3.55. The van der Waals surface area contributed by atoms with Crippen LogP contribution in [0.3, 0.4) is 0 Å². The normalized spacial score (nSPS) is 16.5. The molecule has 4 aromatic rings. The van der Waals surface area contributed by atoms with Crippen LogP contribution in [0.1, 0.15) is 42.1 Å². The number of aryl methyl sites for hydroxylation is 1. The van der Waals surface area contributed by atoms with E-state index in [0.29, 0.717) is 38.6 Å². The van der Waals surface area contributed by atoms with Crippen LogP contribution < -0.4 is 9.64 Å². The summed E-state index contributed by atoms with van der Waals surface area (Å²) < 4.78 is 6.15. The Labute approximate surface area is 245 Å². The highest BCUT2D eigenvalue weighted by Crippen LogP contribution is 2.44. The Morgan fingerprint density at radius 2 is 1.65 bits per heavy atom. The number of Topliss-reactive ketones (excluding diaryl/α,β-unsaturated/α-hetero) is 1. The molecule has 3 aromatic carbocycles. The maximum atomic E-state index is 13.4. The van der Waals surface area contributed by atoms with E-state index < -0.39 is 17.7 Å². The number of benzene rings is 3. The van der Waals surface area contributed by atoms with Crippen molar-refractivity contribution in [1.29, 1.82) is 0 Å². The molecule has 2 heterocycles. The van der Waals surface area contributed by atoms with Gasteiger partial charge in [-0.15, -0.1) is 10.2 Å². The highest BCUT2D eigenvalue weighted by atomic mass is 35.5. The summed E-state index contributed by atoms with van der Waals surface area (Å²) in [5, 5.41) is 20.9. The molecule has 7 nitrogen and oxygen atoms in total. The van der Waals surface area contributed by atoms with Crippen molar-refractivity contribution in [3.63, 3.8) is 0 Å². The first-order valence-electron chi connectivity index (χ1n) is 12.7. The Hall–Kier alpha value is -3.66. The summed E-state index contributed by atoms with van der Waals surface area (Å²) in [7, 11) is 0. The van der Waals surface area contributed by atoms with Gasteiger partial charge in [-0.3, -0.25) is 14.5 Å². The quantitative estimate of drug-likeness (QED) is 0.0731. The molecule has 1 aromatic heterocycles. The number of hydrogen-bond donors (Lipinski definition) is 1. The Morgan fingerprint density at radius 1 is 0.975 bits per heavy atom. The van der Waals surface area contributed by atoms with Crippen LogP contribution in [0.5, 0.6) is 5.75 Å². The molecule has 1 N–H and O–H groups in total. The fourth-order valence-electron chi connectivity index (χ4n) is 4.40. The summed E-state index contributed by atoms with van der Waals surface area (Å²) in [5.41, 5.74) is 3.29. The van der Waals surface area contributed by atoms with Gasteiger partial charge in [0.15, 0.2) is 4.34 Å². The highest BCUT2D eigenvalue weighted by molar-refractivity contribution is 8.00. The van der Waals surface area contributed by atoms with Crippen molar-refractivity contribution in [3.8, 4) is 5.75 Å². The van der Waals surface area contributed by atoms with E-state index >= 15 is 0 Å². The van der Waals surface area contributed by atoms with Crippen molar-refractivity contribution in [3.05, 3.63) is 106 Å². The molecule has 1 fully saturated rings. The van der Waals surface area contributed by atoms with Gasteiger partial charge in [0.1, 0.15) is 11.5 Å². The third-order valence-electron chi connectivity index (χ3n) is 6.46. The summed E-state index contributed by atoms with van der Waals surface area (Å²) in [4.78, 5) is 28.2. The van der Waals surface area contributed by atoms with Crippen LogP contribution in [-0.4, -0.2) is 33.6 Å². The standard InChI is InChI=1S/C30H26ClN3O4S2/c1-3-18-5-9-20(10-6-18)25-24(26(35)21-11-15-23(16-12-21)38-4-2)27(36)28(37)34(25)29-32-33-30(40-29)39-17-19-7-13-22(31)14-8-19/h5-16,25,35H,3-4,17H2,1-2H3/b26-24-. The van der Waals surface area contributed by atoms with E-state index in [1.54, 1.807) is 24.3 Å². The molecule has 0 radical (unpaired) electrons. The van der Waals surface area contributed by atoms with E-state index in [9.17, 15) is 14.7 Å². The van der Waals surface area contributed by atoms with E-state index in [0.717, 1.165) is 17.5 Å². The Balaban J connectivity index is 1.52. The van der Waals surface area contributed by atoms with E-state index in [1.165, 1.54) is 28.0 Å². The second kappa shape index (κ2) is 12.2. The van der Waals surface area contributed by atoms with Crippen molar-refractivity contribution >= 4 is 57.3 Å². The highest BCUT2D eigenvalue weighted by Gasteiger charge is 2.48. The number of nitrogens with zero attached hydrogens (tertiary/aromatic N) is 3. The van der Waals surface area contributed by atoms with Crippen LogP contribution in [0.15, 0.2) is 82.7 Å². The van der Waals surface area contributed by atoms with Gasteiger partial charge in [-0.2, -0.15) is 0 Å². The topological polar surface area (TPSA) is 92.6 Å². The summed E-state index contributed by atoms with van der Waals surface area (Å²) in [5.74, 6) is -0.507. The van der Waals surface area contributed by atoms with Crippen LogP contribution in [0.2, 0.25) is 5.02 Å². The number of carbonyl (C=O) groups is 2. The fourth-order valence-corrected chi connectivity index (χ4v) is 6.35. The van der Waals surface area contributed by atoms with Crippen LogP contribution >= 0.6 is 34.7 Å². The maximum Gasteiger partial charge on any atom is 0.301 e. The van der Waals surface area contributed by atoms with Crippen molar-refractivity contribution in [2.24, 2.45) is 0 Å². The summed E-state index contributed by atoms with van der Waals surface area (Å²) in [6.07, 6.45) is 0.844. The Kier molecular flexibility index (Phi) is 8.54. The molecule has 0 saturated carbocycles. The van der Waals surface area contributed by atoms with Gasteiger partial charge in [0.05, 0.1) is 18.2 Å². The first-order chi connectivity index (χ1) is 19.4. The average molecular weight is 592 g/mol. The minimum Gasteiger partial charge on any atom is -0.507 e. The first-order valence-corrected chi connectivity index (χ1v) is 14.9. The van der Waals surface area contributed by atoms with Gasteiger partial charge in [0, 0.05) is 16.3 Å². The number of carbonyl (C=O) groups excluding carboxylic acids is 2. The lowest BCUT2D eigenvalue weighted by molar-refractivity contribution is -0.132. The van der Waals surface area contributed by atoms with Gasteiger partial charge in [-0.25, -0.2) is 0 Å². The monoisotopic (exact) mass is 591 g/mol. The molecule has 0 spiro atoms. The molecule has 0 bridgehead atoms. The molecule has 204 valence electrons. The smallest absolute Gasteiger partial charge is 0.301 e. The third-order valence-corrected chi connectivity index (χ3v) is 8.84. The molecule has 0 aliphatic carbocycles. The van der Waals surface area contributed by atoms with Crippen LogP contribution in [0.25, 0.3) is 5.76 Å². The fraction of sp³-hybridized carbons (Fsp3) is 0.200. The molecule has 1 unspecified atom stereocenters. The van der Waals surface area contributed by atoms with E-state index in [-0.39, 0.29) is 16.5 Å². The van der Waals surface area contributed by atoms with Crippen LogP contribution in [0, 0.1) is 0 Å². The number of amides is 1. The number of ketones is 1. The molecule has 1 aliphatic heterocycles. The van der Waals surface area contributed by atoms with Gasteiger partial charge in [0.2, 0.25) is 5.13 Å². The molecular weight excluding hydrogens is 566 g/mol. The molecule has 1 aliphatic rings. The number of ether oxygens (including phenoxy) is 1. The molecule has 1 atom stereocenters. The number of hydrogen-bond acceptors (Lipinski definition) is 8. The zero-order chi connectivity index (χ0) is 28.2. The molecule has 10 heteroatoms. The van der Waals surface area contributed by atoms with Gasteiger partial charge in [-0.1, -0.05) is 78.0 Å². The maximum absolute atomic E-state index is 13.4. The third kappa shape index (κ3) is 5.77. The Morgan fingerprint density at radius 3 is 2.30 bits per heavy atom. The second-order valence-electron chi connectivity index (χ2n) is 8.99. The van der Waals surface area contributed by atoms with E-state index in [2.05, 4.69) is 17.1 Å². The van der Waals surface area contributed by atoms with Crippen molar-refractivity contribution in [1.82, 2.24) is 10.2 Å². The van der Waals surface area contributed by atoms with Crippen molar-refractivity contribution in [2.75, 3.05) is 11.5 Å². The minimum absolute atomic E-state index is 0.00368. The van der Waals surface area contributed by atoms with Crippen molar-refractivity contribution < 1.29 is 19.4 Å². The summed E-state index contributed by atoms with van der Waals surface area (Å²) in [6, 6.07) is 21.1. The lowest BCUT2D eigenvalue weighted by atomic mass is 9.94. The summed E-state index contributed by atoms with van der Waals surface area (Å²) >= 11 is 8.69. The van der Waals surface area contributed by atoms with Gasteiger partial charge in [0.25, 0.3) is 5.78 Å². The SMILES string of the molecule is CCOc1ccc(/C(O)=C2/C(=O)C(=O)N(c3nnc(SCc4ccc(Cl)cc4)s3)C2c2ccc(CC)cc2)cc1. The van der Waals surface area contributed by atoms with E-state index in [1.807, 2.05) is 55.5 Å². The minimum atomic E-state index is -0.862. The number of aliphatic hydroxyl groups excluding tert-OH is 1. The summed E-state index contributed by atoms with van der Waals surface area (Å²) in [6.45, 7) is 4.44. The molecule has 1 amide bonds. The Bertz CT molecular complexity index is 1550. The van der Waals surface area contributed by atoms with Crippen LogP contribution in [-0.2, 0) is 21.8 Å². The molecule has 1 saturated heterocycles. The van der Waals surface area contributed by atoms with E-state index in [4.69, 9.17) is 16.3 Å². The van der Waals surface area contributed by atoms with Crippen LogP contribution in [0.4, 0.5) is 5.13 Å². The predicted octanol–water partition coefficient (Wildman–Crippen LogP) is 7.07. The number of thioether (sulfide) groups is 1. The molecular formula is C30H26ClN3O4S2. The van der Waals surface area contributed by atoms with Gasteiger partial charge >= 0.3 is 5.91 Å². The number of halogens is 1. The molecule has 5 rings (SSSR count). The van der Waals surface area contributed by atoms with Gasteiger partial charge in [-0.05, 0) is 66.4 Å². The lowest BCUT2D eigenvalue weighted by Crippen LogP contribution is -2.29. The predicted molar refractivity (Wildman–Crippen MR) is 159 cm³/mol. The zero-order valence-corrected chi connectivity index (χ0v) is 24.2. The number of aliphatic hydroxyl groups is 1. The lowest BCUT2D eigenvalue weighted by Gasteiger charge is -2.22. The number of anilines is 1. The second-order valence-corrected chi connectivity index (χ2v) is 11.6.